The highest BCUT2D eigenvalue weighted by Crippen LogP contribution is 2.44. The van der Waals surface area contributed by atoms with Gasteiger partial charge in [0.05, 0.1) is 6.61 Å². The fourth-order valence-electron chi connectivity index (χ4n) is 2.41. The number of hydrogen-bond donors (Lipinski definition) is 0. The van der Waals surface area contributed by atoms with E-state index in [2.05, 4.69) is 0 Å². The van der Waals surface area contributed by atoms with E-state index in [0.29, 0.717) is 12.8 Å². The lowest BCUT2D eigenvalue weighted by Gasteiger charge is -2.30. The summed E-state index contributed by atoms with van der Waals surface area (Å²) in [4.78, 5) is 11.6. The van der Waals surface area contributed by atoms with Crippen LogP contribution in [0.2, 0.25) is 0 Å². The molecule has 0 aromatic rings. The van der Waals surface area contributed by atoms with Gasteiger partial charge in [0.2, 0.25) is 0 Å². The summed E-state index contributed by atoms with van der Waals surface area (Å²) in [7, 11) is 0. The van der Waals surface area contributed by atoms with E-state index in [9.17, 15) is 13.6 Å². The van der Waals surface area contributed by atoms with Gasteiger partial charge in [-0.25, -0.2) is 8.78 Å². The minimum absolute atomic E-state index is 0.159. The molecule has 0 heterocycles. The van der Waals surface area contributed by atoms with Gasteiger partial charge in [-0.1, -0.05) is 20.3 Å². The second kappa shape index (κ2) is 5.11. The average molecular weight is 234 g/mol. The van der Waals surface area contributed by atoms with Crippen LogP contribution in [-0.2, 0) is 9.53 Å². The largest absolute Gasteiger partial charge is 0.466 e. The van der Waals surface area contributed by atoms with Crippen LogP contribution in [0.3, 0.4) is 0 Å². The van der Waals surface area contributed by atoms with Crippen LogP contribution in [0, 0.1) is 17.8 Å². The summed E-state index contributed by atoms with van der Waals surface area (Å²) in [5.41, 5.74) is 0. The zero-order chi connectivity index (χ0) is 12.3. The van der Waals surface area contributed by atoms with Crippen LogP contribution in [0.25, 0.3) is 0 Å². The van der Waals surface area contributed by atoms with E-state index < -0.39 is 23.7 Å². The van der Waals surface area contributed by atoms with Crippen LogP contribution in [0.5, 0.6) is 0 Å². The molecule has 1 aliphatic rings. The van der Waals surface area contributed by atoms with Crippen LogP contribution in [0.1, 0.15) is 40.0 Å². The number of alkyl halides is 2. The SMILES string of the molecule is CCOC(=O)C1[C@@H](C)CCC[C@@H](C)C1(F)F. The summed E-state index contributed by atoms with van der Waals surface area (Å²) >= 11 is 0. The first kappa shape index (κ1) is 13.4. The molecule has 1 fully saturated rings. The molecule has 1 unspecified atom stereocenters. The quantitative estimate of drug-likeness (QED) is 0.541. The molecule has 2 nitrogen and oxygen atoms in total. The summed E-state index contributed by atoms with van der Waals surface area (Å²) < 4.78 is 32.9. The first-order valence-corrected chi connectivity index (χ1v) is 5.95. The van der Waals surface area contributed by atoms with E-state index in [0.717, 1.165) is 6.42 Å². The lowest BCUT2D eigenvalue weighted by molar-refractivity contribution is -0.174. The molecule has 4 heteroatoms. The molecular weight excluding hydrogens is 214 g/mol. The molecule has 3 atom stereocenters. The van der Waals surface area contributed by atoms with Crippen LogP contribution >= 0.6 is 0 Å². The van der Waals surface area contributed by atoms with Crippen molar-refractivity contribution in [1.29, 1.82) is 0 Å². The van der Waals surface area contributed by atoms with Crippen LogP contribution < -0.4 is 0 Å². The second-order valence-corrected chi connectivity index (χ2v) is 4.71. The molecule has 0 spiro atoms. The highest BCUT2D eigenvalue weighted by atomic mass is 19.3. The monoisotopic (exact) mass is 234 g/mol. The van der Waals surface area contributed by atoms with Gasteiger partial charge >= 0.3 is 5.97 Å². The van der Waals surface area contributed by atoms with Gasteiger partial charge in [-0.05, 0) is 25.7 Å². The molecule has 1 saturated carbocycles. The van der Waals surface area contributed by atoms with Crippen molar-refractivity contribution in [3.8, 4) is 0 Å². The maximum Gasteiger partial charge on any atom is 0.315 e. The molecule has 0 bridgehead atoms. The number of ether oxygens (including phenoxy) is 1. The molecule has 0 aromatic carbocycles. The molecule has 0 N–H and O–H groups in total. The average Bonchev–Trinajstić information content (AvgIpc) is 2.25. The molecule has 16 heavy (non-hydrogen) atoms. The Balaban J connectivity index is 2.93. The number of halogens is 2. The predicted octanol–water partition coefficient (Wildman–Crippen LogP) is 3.26. The van der Waals surface area contributed by atoms with Crippen molar-refractivity contribution < 1.29 is 18.3 Å². The molecule has 94 valence electrons. The zero-order valence-corrected chi connectivity index (χ0v) is 10.1. The first-order chi connectivity index (χ1) is 7.41. The summed E-state index contributed by atoms with van der Waals surface area (Å²) in [6.45, 7) is 5.03. The Bertz CT molecular complexity index is 253. The van der Waals surface area contributed by atoms with E-state index in [1.807, 2.05) is 0 Å². The lowest BCUT2D eigenvalue weighted by Crippen LogP contribution is -2.43. The molecule has 0 aliphatic heterocycles. The normalized spacial score (nSPS) is 34.2. The maximum atomic E-state index is 14.0. The Morgan fingerprint density at radius 1 is 1.38 bits per heavy atom. The van der Waals surface area contributed by atoms with E-state index in [4.69, 9.17) is 4.74 Å². The minimum atomic E-state index is -2.94. The van der Waals surface area contributed by atoms with Crippen molar-refractivity contribution >= 4 is 5.97 Å². The number of esters is 1. The van der Waals surface area contributed by atoms with Crippen molar-refractivity contribution in [3.63, 3.8) is 0 Å². The highest BCUT2D eigenvalue weighted by Gasteiger charge is 2.52. The van der Waals surface area contributed by atoms with E-state index >= 15 is 0 Å². The minimum Gasteiger partial charge on any atom is -0.466 e. The summed E-state index contributed by atoms with van der Waals surface area (Å²) in [6.07, 6.45) is 1.91. The van der Waals surface area contributed by atoms with Gasteiger partial charge in [0, 0.05) is 5.92 Å². The van der Waals surface area contributed by atoms with Crippen LogP contribution in [-0.4, -0.2) is 18.5 Å². The zero-order valence-electron chi connectivity index (χ0n) is 10.1. The van der Waals surface area contributed by atoms with Crippen LogP contribution in [0.4, 0.5) is 8.78 Å². The third-order valence-electron chi connectivity index (χ3n) is 3.48. The topological polar surface area (TPSA) is 26.3 Å². The second-order valence-electron chi connectivity index (χ2n) is 4.71. The molecular formula is C12H20F2O2. The van der Waals surface area contributed by atoms with Gasteiger partial charge in [-0.15, -0.1) is 0 Å². The van der Waals surface area contributed by atoms with Crippen molar-refractivity contribution in [2.45, 2.75) is 46.0 Å². The Kier molecular flexibility index (Phi) is 4.28. The highest BCUT2D eigenvalue weighted by molar-refractivity contribution is 5.74. The predicted molar refractivity (Wildman–Crippen MR) is 57.2 cm³/mol. The summed E-state index contributed by atoms with van der Waals surface area (Å²) in [5, 5.41) is 0. The third-order valence-corrected chi connectivity index (χ3v) is 3.48. The van der Waals surface area contributed by atoms with Gasteiger partial charge in [-0.2, -0.15) is 0 Å². The fraction of sp³-hybridized carbons (Fsp3) is 0.917. The Hall–Kier alpha value is -0.670. The summed E-state index contributed by atoms with van der Waals surface area (Å²) in [6, 6.07) is 0. The van der Waals surface area contributed by atoms with E-state index in [1.54, 1.807) is 13.8 Å². The third kappa shape index (κ3) is 2.53. The molecule has 1 rings (SSSR count). The van der Waals surface area contributed by atoms with Crippen molar-refractivity contribution in [2.75, 3.05) is 6.61 Å². The van der Waals surface area contributed by atoms with E-state index in [1.165, 1.54) is 6.92 Å². The molecule has 0 saturated heterocycles. The lowest BCUT2D eigenvalue weighted by atomic mass is 9.83. The van der Waals surface area contributed by atoms with E-state index in [-0.39, 0.29) is 12.5 Å². The number of carbonyl (C=O) groups excluding carboxylic acids is 1. The Morgan fingerprint density at radius 3 is 2.56 bits per heavy atom. The van der Waals surface area contributed by atoms with Gasteiger partial charge < -0.3 is 4.74 Å². The van der Waals surface area contributed by atoms with Gasteiger partial charge in [0.1, 0.15) is 5.92 Å². The van der Waals surface area contributed by atoms with Crippen LogP contribution in [0.15, 0.2) is 0 Å². The first-order valence-electron chi connectivity index (χ1n) is 5.95. The number of hydrogen-bond acceptors (Lipinski definition) is 2. The molecule has 0 radical (unpaired) electrons. The number of carbonyl (C=O) groups is 1. The van der Waals surface area contributed by atoms with Crippen molar-refractivity contribution in [3.05, 3.63) is 0 Å². The van der Waals surface area contributed by atoms with Gasteiger partial charge in [0.15, 0.2) is 0 Å². The van der Waals surface area contributed by atoms with Gasteiger partial charge in [-0.3, -0.25) is 4.79 Å². The van der Waals surface area contributed by atoms with Gasteiger partial charge in [0.25, 0.3) is 5.92 Å². The smallest absolute Gasteiger partial charge is 0.315 e. The summed E-state index contributed by atoms with van der Waals surface area (Å²) in [5.74, 6) is -6.01. The maximum absolute atomic E-state index is 14.0. The van der Waals surface area contributed by atoms with Crippen molar-refractivity contribution in [1.82, 2.24) is 0 Å². The molecule has 0 aromatic heterocycles. The molecule has 0 amide bonds. The fourth-order valence-corrected chi connectivity index (χ4v) is 2.41. The molecule has 1 aliphatic carbocycles. The number of rotatable bonds is 2. The standard InChI is InChI=1S/C12H20F2O2/c1-4-16-11(15)10-8(2)6-5-7-9(3)12(10,13)14/h8-10H,4-7H2,1-3H3/t8-,9+,10?/m0/s1. The Labute approximate surface area is 95.4 Å². The Morgan fingerprint density at radius 2 is 2.00 bits per heavy atom. The van der Waals surface area contributed by atoms with Crippen molar-refractivity contribution in [2.24, 2.45) is 17.8 Å².